The number of benzene rings is 1. The first kappa shape index (κ1) is 15.2. The molecule has 0 unspecified atom stereocenters. The topological polar surface area (TPSA) is 77.1 Å². The molecule has 0 fully saturated rings. The van der Waals surface area contributed by atoms with E-state index in [1.54, 1.807) is 12.1 Å². The highest BCUT2D eigenvalue weighted by molar-refractivity contribution is 5.89. The molecule has 112 valence electrons. The molecule has 6 heteroatoms. The van der Waals surface area contributed by atoms with Crippen LogP contribution in [0.1, 0.15) is 35.1 Å². The smallest absolute Gasteiger partial charge is 0.338 e. The van der Waals surface area contributed by atoms with Crippen molar-refractivity contribution in [2.75, 3.05) is 19.8 Å². The second kappa shape index (κ2) is 8.16. The summed E-state index contributed by atoms with van der Waals surface area (Å²) in [6.07, 6.45) is 2.84. The summed E-state index contributed by atoms with van der Waals surface area (Å²) in [6, 6.07) is 7.30. The van der Waals surface area contributed by atoms with Gasteiger partial charge < -0.3 is 9.47 Å². The molecule has 1 N–H and O–H groups in total. The Labute approximate surface area is 123 Å². The van der Waals surface area contributed by atoms with E-state index in [0.29, 0.717) is 38.2 Å². The van der Waals surface area contributed by atoms with Crippen molar-refractivity contribution in [1.82, 2.24) is 15.2 Å². The molecule has 0 radical (unpaired) electrons. The predicted octanol–water partition coefficient (Wildman–Crippen LogP) is 1.98. The Hall–Kier alpha value is -2.21. The molecule has 21 heavy (non-hydrogen) atoms. The largest absolute Gasteiger partial charge is 0.462 e. The Balaban J connectivity index is 1.79. The van der Waals surface area contributed by atoms with Crippen molar-refractivity contribution in [3.8, 4) is 0 Å². The van der Waals surface area contributed by atoms with E-state index in [4.69, 9.17) is 9.47 Å². The van der Waals surface area contributed by atoms with Crippen molar-refractivity contribution < 1.29 is 14.3 Å². The Morgan fingerprint density at radius 2 is 2.05 bits per heavy atom. The van der Waals surface area contributed by atoms with Gasteiger partial charge in [-0.2, -0.15) is 5.10 Å². The van der Waals surface area contributed by atoms with Gasteiger partial charge in [0.1, 0.15) is 12.2 Å². The van der Waals surface area contributed by atoms with Crippen LogP contribution >= 0.6 is 0 Å². The molecule has 0 atom stereocenters. The molecule has 0 aliphatic carbocycles. The lowest BCUT2D eigenvalue weighted by atomic mass is 10.1. The molecule has 0 bridgehead atoms. The Bertz CT molecular complexity index is 538. The minimum atomic E-state index is -0.308. The number of carbonyl (C=O) groups is 1. The third-order valence-electron chi connectivity index (χ3n) is 2.90. The van der Waals surface area contributed by atoms with Gasteiger partial charge in [-0.25, -0.2) is 9.78 Å². The predicted molar refractivity (Wildman–Crippen MR) is 77.0 cm³/mol. The van der Waals surface area contributed by atoms with Crippen molar-refractivity contribution >= 4 is 5.97 Å². The Kier molecular flexibility index (Phi) is 5.90. The lowest BCUT2D eigenvalue weighted by Crippen LogP contribution is -2.08. The SMILES string of the molecule is CCOCCCOC(=O)c1ccc(Cc2ncn[nH]2)cc1. The highest BCUT2D eigenvalue weighted by atomic mass is 16.5. The summed E-state index contributed by atoms with van der Waals surface area (Å²) >= 11 is 0. The molecule has 1 aromatic heterocycles. The molecule has 0 aliphatic heterocycles. The number of H-pyrrole nitrogens is 1. The fourth-order valence-electron chi connectivity index (χ4n) is 1.82. The number of ether oxygens (including phenoxy) is 2. The molecule has 0 saturated carbocycles. The molecular weight excluding hydrogens is 270 g/mol. The Morgan fingerprint density at radius 1 is 1.24 bits per heavy atom. The second-order valence-electron chi connectivity index (χ2n) is 4.49. The second-order valence-corrected chi connectivity index (χ2v) is 4.49. The van der Waals surface area contributed by atoms with Gasteiger partial charge in [0.15, 0.2) is 0 Å². The summed E-state index contributed by atoms with van der Waals surface area (Å²) in [5.74, 6) is 0.485. The van der Waals surface area contributed by atoms with Gasteiger partial charge in [-0.15, -0.1) is 0 Å². The highest BCUT2D eigenvalue weighted by Gasteiger charge is 2.07. The quantitative estimate of drug-likeness (QED) is 0.594. The van der Waals surface area contributed by atoms with Gasteiger partial charge in [-0.05, 0) is 24.6 Å². The molecule has 1 aromatic carbocycles. The van der Waals surface area contributed by atoms with E-state index < -0.39 is 0 Å². The van der Waals surface area contributed by atoms with Crippen LogP contribution in [0.5, 0.6) is 0 Å². The van der Waals surface area contributed by atoms with Crippen LogP contribution in [0.3, 0.4) is 0 Å². The van der Waals surface area contributed by atoms with Gasteiger partial charge in [-0.3, -0.25) is 5.10 Å². The number of esters is 1. The van der Waals surface area contributed by atoms with Crippen LogP contribution in [0.25, 0.3) is 0 Å². The van der Waals surface area contributed by atoms with Crippen LogP contribution in [0.4, 0.5) is 0 Å². The van der Waals surface area contributed by atoms with E-state index in [2.05, 4.69) is 15.2 Å². The maximum atomic E-state index is 11.8. The molecule has 0 amide bonds. The molecule has 2 aromatic rings. The molecule has 1 heterocycles. The fraction of sp³-hybridized carbons (Fsp3) is 0.400. The van der Waals surface area contributed by atoms with Crippen LogP contribution in [0, 0.1) is 0 Å². The van der Waals surface area contributed by atoms with Crippen LogP contribution in [0.2, 0.25) is 0 Å². The van der Waals surface area contributed by atoms with E-state index in [-0.39, 0.29) is 5.97 Å². The number of rotatable bonds is 8. The lowest BCUT2D eigenvalue weighted by molar-refractivity contribution is 0.0452. The van der Waals surface area contributed by atoms with E-state index in [1.165, 1.54) is 6.33 Å². The number of aromatic nitrogens is 3. The maximum Gasteiger partial charge on any atom is 0.338 e. The van der Waals surface area contributed by atoms with Gasteiger partial charge in [0.25, 0.3) is 0 Å². The molecule has 2 rings (SSSR count). The average molecular weight is 289 g/mol. The number of carbonyl (C=O) groups excluding carboxylic acids is 1. The fourth-order valence-corrected chi connectivity index (χ4v) is 1.82. The third kappa shape index (κ3) is 5.00. The molecule has 0 spiro atoms. The first-order valence-electron chi connectivity index (χ1n) is 6.97. The first-order chi connectivity index (χ1) is 10.3. The summed E-state index contributed by atoms with van der Waals surface area (Å²) in [5.41, 5.74) is 1.60. The normalized spacial score (nSPS) is 10.5. The molecular formula is C15H19N3O3. The van der Waals surface area contributed by atoms with E-state index in [0.717, 1.165) is 11.4 Å². The number of nitrogens with one attached hydrogen (secondary N) is 1. The van der Waals surface area contributed by atoms with Gasteiger partial charge in [-0.1, -0.05) is 12.1 Å². The van der Waals surface area contributed by atoms with Crippen molar-refractivity contribution in [2.45, 2.75) is 19.8 Å². The Morgan fingerprint density at radius 3 is 2.71 bits per heavy atom. The summed E-state index contributed by atoms with van der Waals surface area (Å²) in [4.78, 5) is 15.9. The van der Waals surface area contributed by atoms with Crippen molar-refractivity contribution in [3.05, 3.63) is 47.5 Å². The van der Waals surface area contributed by atoms with E-state index >= 15 is 0 Å². The van der Waals surface area contributed by atoms with Crippen LogP contribution in [0.15, 0.2) is 30.6 Å². The number of nitrogens with zero attached hydrogens (tertiary/aromatic N) is 2. The maximum absolute atomic E-state index is 11.8. The summed E-state index contributed by atoms with van der Waals surface area (Å²) in [5, 5.41) is 6.60. The van der Waals surface area contributed by atoms with Crippen LogP contribution < -0.4 is 0 Å². The first-order valence-corrected chi connectivity index (χ1v) is 6.97. The zero-order valence-electron chi connectivity index (χ0n) is 12.0. The zero-order valence-corrected chi connectivity index (χ0v) is 12.0. The standard InChI is InChI=1S/C15H19N3O3/c1-2-20-8-3-9-21-15(19)13-6-4-12(5-7-13)10-14-16-11-17-18-14/h4-7,11H,2-3,8-10H2,1H3,(H,16,17,18). The highest BCUT2D eigenvalue weighted by Crippen LogP contribution is 2.09. The van der Waals surface area contributed by atoms with Crippen LogP contribution in [-0.2, 0) is 15.9 Å². The number of hydrogen-bond acceptors (Lipinski definition) is 5. The van der Waals surface area contributed by atoms with Gasteiger partial charge in [0, 0.05) is 26.1 Å². The van der Waals surface area contributed by atoms with E-state index in [9.17, 15) is 4.79 Å². The van der Waals surface area contributed by atoms with Crippen molar-refractivity contribution in [1.29, 1.82) is 0 Å². The van der Waals surface area contributed by atoms with Gasteiger partial charge in [0.05, 0.1) is 12.2 Å². The summed E-state index contributed by atoms with van der Waals surface area (Å²) < 4.78 is 10.4. The lowest BCUT2D eigenvalue weighted by Gasteiger charge is -2.05. The molecule has 0 aliphatic rings. The van der Waals surface area contributed by atoms with Crippen molar-refractivity contribution in [2.24, 2.45) is 0 Å². The zero-order chi connectivity index (χ0) is 14.9. The summed E-state index contributed by atoms with van der Waals surface area (Å²) in [7, 11) is 0. The minimum absolute atomic E-state index is 0.308. The average Bonchev–Trinajstić information content (AvgIpc) is 3.00. The molecule has 6 nitrogen and oxygen atoms in total. The minimum Gasteiger partial charge on any atom is -0.462 e. The van der Waals surface area contributed by atoms with Crippen LogP contribution in [-0.4, -0.2) is 41.0 Å². The number of aromatic amines is 1. The van der Waals surface area contributed by atoms with Gasteiger partial charge >= 0.3 is 5.97 Å². The van der Waals surface area contributed by atoms with Crippen molar-refractivity contribution in [3.63, 3.8) is 0 Å². The number of hydrogen-bond donors (Lipinski definition) is 1. The molecule has 0 saturated heterocycles. The monoisotopic (exact) mass is 289 g/mol. The van der Waals surface area contributed by atoms with Gasteiger partial charge in [0.2, 0.25) is 0 Å². The van der Waals surface area contributed by atoms with E-state index in [1.807, 2.05) is 19.1 Å². The summed E-state index contributed by atoms with van der Waals surface area (Å²) in [6.45, 7) is 3.60. The third-order valence-corrected chi connectivity index (χ3v) is 2.90.